The lowest BCUT2D eigenvalue weighted by Crippen LogP contribution is -2.33. The number of aromatic nitrogens is 2. The van der Waals surface area contributed by atoms with Crippen LogP contribution in [0.15, 0.2) is 34.0 Å². The molecule has 0 spiro atoms. The minimum atomic E-state index is -0.217. The van der Waals surface area contributed by atoms with Gasteiger partial charge in [-0.25, -0.2) is 4.98 Å². The Hall–Kier alpha value is -1.64. The van der Waals surface area contributed by atoms with Crippen molar-refractivity contribution in [3.63, 3.8) is 0 Å². The Balaban J connectivity index is 2.00. The van der Waals surface area contributed by atoms with Crippen LogP contribution in [-0.4, -0.2) is 27.8 Å². The summed E-state index contributed by atoms with van der Waals surface area (Å²) in [5.74, 6) is 0.343. The van der Waals surface area contributed by atoms with Crippen molar-refractivity contribution in [1.82, 2.24) is 14.9 Å². The number of hydrogen-bond donors (Lipinski definition) is 2. The summed E-state index contributed by atoms with van der Waals surface area (Å²) in [5.41, 5.74) is 0.702. The van der Waals surface area contributed by atoms with Crippen LogP contribution in [0.5, 0.6) is 0 Å². The van der Waals surface area contributed by atoms with Crippen molar-refractivity contribution >= 4 is 51.4 Å². The zero-order chi connectivity index (χ0) is 15.5. The SMILES string of the molecule is O=C(Cn1cnc2scc(-c3cccs3)c2c1=O)NCCS. The molecule has 0 radical (unpaired) electrons. The van der Waals surface area contributed by atoms with Crippen molar-refractivity contribution in [2.24, 2.45) is 0 Å². The van der Waals surface area contributed by atoms with Gasteiger partial charge in [-0.3, -0.25) is 14.2 Å². The second-order valence-electron chi connectivity index (χ2n) is 4.56. The van der Waals surface area contributed by atoms with E-state index in [1.165, 1.54) is 22.2 Å². The molecule has 0 aliphatic rings. The lowest BCUT2D eigenvalue weighted by Gasteiger charge is -2.06. The van der Waals surface area contributed by atoms with E-state index in [0.29, 0.717) is 22.5 Å². The monoisotopic (exact) mass is 351 g/mol. The van der Waals surface area contributed by atoms with E-state index in [9.17, 15) is 9.59 Å². The summed E-state index contributed by atoms with van der Waals surface area (Å²) in [6, 6.07) is 3.92. The minimum Gasteiger partial charge on any atom is -0.354 e. The van der Waals surface area contributed by atoms with Crippen molar-refractivity contribution in [3.05, 3.63) is 39.6 Å². The van der Waals surface area contributed by atoms with Crippen LogP contribution in [0.1, 0.15) is 0 Å². The zero-order valence-corrected chi connectivity index (χ0v) is 14.0. The van der Waals surface area contributed by atoms with Crippen molar-refractivity contribution in [2.45, 2.75) is 6.54 Å². The fourth-order valence-corrected chi connectivity index (χ4v) is 3.93. The van der Waals surface area contributed by atoms with E-state index in [0.717, 1.165) is 10.4 Å². The molecule has 0 aliphatic carbocycles. The van der Waals surface area contributed by atoms with Crippen LogP contribution in [0.25, 0.3) is 20.7 Å². The molecule has 0 bridgehead atoms. The Kier molecular flexibility index (Phi) is 4.60. The first-order valence-corrected chi connectivity index (χ1v) is 8.98. The van der Waals surface area contributed by atoms with Gasteiger partial charge < -0.3 is 5.32 Å². The van der Waals surface area contributed by atoms with Gasteiger partial charge in [-0.15, -0.1) is 22.7 Å². The van der Waals surface area contributed by atoms with Crippen molar-refractivity contribution in [2.75, 3.05) is 12.3 Å². The number of hydrogen-bond acceptors (Lipinski definition) is 6. The summed E-state index contributed by atoms with van der Waals surface area (Å²) in [7, 11) is 0. The Morgan fingerprint density at radius 3 is 3.00 bits per heavy atom. The number of thiophene rings is 2. The number of rotatable bonds is 5. The van der Waals surface area contributed by atoms with Gasteiger partial charge in [0.2, 0.25) is 5.91 Å². The summed E-state index contributed by atoms with van der Waals surface area (Å²) in [4.78, 5) is 30.5. The predicted molar refractivity (Wildman–Crippen MR) is 94.1 cm³/mol. The van der Waals surface area contributed by atoms with Crippen molar-refractivity contribution in [1.29, 1.82) is 0 Å². The first-order valence-electron chi connectivity index (χ1n) is 6.59. The number of fused-ring (bicyclic) bond motifs is 1. The summed E-state index contributed by atoms with van der Waals surface area (Å²) in [6.45, 7) is 0.445. The average molecular weight is 351 g/mol. The Morgan fingerprint density at radius 2 is 2.27 bits per heavy atom. The van der Waals surface area contributed by atoms with Crippen LogP contribution in [0.4, 0.5) is 0 Å². The molecule has 3 heterocycles. The van der Waals surface area contributed by atoms with E-state index < -0.39 is 0 Å². The van der Waals surface area contributed by atoms with Crippen LogP contribution < -0.4 is 10.9 Å². The van der Waals surface area contributed by atoms with Gasteiger partial charge in [-0.1, -0.05) is 6.07 Å². The minimum absolute atomic E-state index is 0.0325. The standard InChI is InChI=1S/C14H13N3O2S3/c18-11(15-3-4-20)6-17-8-16-13-12(14(17)19)9(7-22-13)10-2-1-5-21-10/h1-2,5,7-8,20H,3-4,6H2,(H,15,18). The molecule has 3 aromatic rings. The molecule has 0 unspecified atom stereocenters. The van der Waals surface area contributed by atoms with Gasteiger partial charge in [0.25, 0.3) is 5.56 Å². The van der Waals surface area contributed by atoms with Gasteiger partial charge in [0.05, 0.1) is 11.7 Å². The molecule has 5 nitrogen and oxygen atoms in total. The van der Waals surface area contributed by atoms with E-state index in [1.54, 1.807) is 11.3 Å². The summed E-state index contributed by atoms with van der Waals surface area (Å²) in [5, 5.41) is 7.19. The number of thiol groups is 1. The molecule has 1 N–H and O–H groups in total. The Morgan fingerprint density at radius 1 is 1.41 bits per heavy atom. The molecule has 8 heteroatoms. The van der Waals surface area contributed by atoms with Crippen molar-refractivity contribution < 1.29 is 4.79 Å². The maximum absolute atomic E-state index is 12.7. The molecule has 3 aromatic heterocycles. The largest absolute Gasteiger partial charge is 0.354 e. The topological polar surface area (TPSA) is 64.0 Å². The highest BCUT2D eigenvalue weighted by molar-refractivity contribution is 7.80. The molecule has 0 saturated heterocycles. The first kappa shape index (κ1) is 15.3. The van der Waals surface area contributed by atoms with Gasteiger partial charge in [-0.2, -0.15) is 12.6 Å². The molecule has 0 atom stereocenters. The molecular formula is C14H13N3O2S3. The van der Waals surface area contributed by atoms with Crippen LogP contribution >= 0.6 is 35.3 Å². The fraction of sp³-hybridized carbons (Fsp3) is 0.214. The van der Waals surface area contributed by atoms with E-state index >= 15 is 0 Å². The Bertz CT molecular complexity index is 852. The average Bonchev–Trinajstić information content (AvgIpc) is 3.16. The third kappa shape index (κ3) is 2.94. The smallest absolute Gasteiger partial charge is 0.263 e. The molecule has 22 heavy (non-hydrogen) atoms. The highest BCUT2D eigenvalue weighted by Crippen LogP contribution is 2.33. The number of carbonyl (C=O) groups is 1. The van der Waals surface area contributed by atoms with Gasteiger partial charge >= 0.3 is 0 Å². The maximum atomic E-state index is 12.7. The molecule has 1 amide bonds. The summed E-state index contributed by atoms with van der Waals surface area (Å²) < 4.78 is 1.35. The normalized spacial score (nSPS) is 11.0. The highest BCUT2D eigenvalue weighted by Gasteiger charge is 2.14. The highest BCUT2D eigenvalue weighted by atomic mass is 32.1. The summed E-state index contributed by atoms with van der Waals surface area (Å²) in [6.07, 6.45) is 1.43. The van der Waals surface area contributed by atoms with Crippen LogP contribution in [0, 0.1) is 0 Å². The summed E-state index contributed by atoms with van der Waals surface area (Å²) >= 11 is 7.05. The zero-order valence-electron chi connectivity index (χ0n) is 11.5. The predicted octanol–water partition coefficient (Wildman–Crippen LogP) is 2.23. The van der Waals surface area contributed by atoms with Crippen molar-refractivity contribution in [3.8, 4) is 10.4 Å². The number of amides is 1. The fourth-order valence-electron chi connectivity index (χ4n) is 2.10. The Labute approximate surface area is 140 Å². The van der Waals surface area contributed by atoms with E-state index in [1.807, 2.05) is 22.9 Å². The van der Waals surface area contributed by atoms with Crippen LogP contribution in [0.2, 0.25) is 0 Å². The second kappa shape index (κ2) is 6.64. The molecule has 114 valence electrons. The van der Waals surface area contributed by atoms with E-state index in [-0.39, 0.29) is 18.0 Å². The number of nitrogens with zero attached hydrogens (tertiary/aromatic N) is 2. The van der Waals surface area contributed by atoms with E-state index in [4.69, 9.17) is 0 Å². The number of carbonyl (C=O) groups excluding carboxylic acids is 1. The van der Waals surface area contributed by atoms with Gasteiger partial charge in [0, 0.05) is 28.1 Å². The molecule has 0 aliphatic heterocycles. The lowest BCUT2D eigenvalue weighted by molar-refractivity contribution is -0.121. The second-order valence-corrected chi connectivity index (χ2v) is 6.81. The van der Waals surface area contributed by atoms with Gasteiger partial charge in [0.1, 0.15) is 11.4 Å². The van der Waals surface area contributed by atoms with Gasteiger partial charge in [-0.05, 0) is 11.4 Å². The maximum Gasteiger partial charge on any atom is 0.263 e. The number of nitrogens with one attached hydrogen (secondary N) is 1. The molecule has 3 rings (SSSR count). The molecule has 0 fully saturated rings. The third-order valence-electron chi connectivity index (χ3n) is 3.10. The van der Waals surface area contributed by atoms with Crippen LogP contribution in [0.3, 0.4) is 0 Å². The molecule has 0 saturated carbocycles. The third-order valence-corrected chi connectivity index (χ3v) is 5.11. The van der Waals surface area contributed by atoms with E-state index in [2.05, 4.69) is 22.9 Å². The lowest BCUT2D eigenvalue weighted by atomic mass is 10.2. The quantitative estimate of drug-likeness (QED) is 0.693. The van der Waals surface area contributed by atoms with Crippen LogP contribution in [-0.2, 0) is 11.3 Å². The van der Waals surface area contributed by atoms with Gasteiger partial charge in [0.15, 0.2) is 0 Å². The molecule has 0 aromatic carbocycles. The first-order chi connectivity index (χ1) is 10.7. The molecular weight excluding hydrogens is 338 g/mol.